The molecule has 0 spiro atoms. The average molecular weight is 249 g/mol. The Bertz CT molecular complexity index is 368. The minimum absolute atomic E-state index is 0.543. The summed E-state index contributed by atoms with van der Waals surface area (Å²) < 4.78 is 2.04. The highest BCUT2D eigenvalue weighted by Crippen LogP contribution is 2.28. The molecule has 0 saturated carbocycles. The Balaban J connectivity index is 1.77. The van der Waals surface area contributed by atoms with E-state index in [1.165, 1.54) is 49.8 Å². The van der Waals surface area contributed by atoms with E-state index < -0.39 is 0 Å². The zero-order valence-corrected chi connectivity index (χ0v) is 12.1. The Morgan fingerprint density at radius 2 is 2.28 bits per heavy atom. The summed E-state index contributed by atoms with van der Waals surface area (Å²) in [7, 11) is 2.06. The molecule has 3 heteroatoms. The third-order valence-electron chi connectivity index (χ3n) is 3.97. The minimum Gasteiger partial charge on any atom is -0.310 e. The number of aromatic nitrogens is 2. The molecule has 1 aliphatic rings. The van der Waals surface area contributed by atoms with Gasteiger partial charge in [-0.2, -0.15) is 5.10 Å². The summed E-state index contributed by atoms with van der Waals surface area (Å²) >= 11 is 0. The molecule has 3 nitrogen and oxygen atoms in total. The first-order valence-corrected chi connectivity index (χ1v) is 7.42. The molecular formula is C15H27N3. The summed E-state index contributed by atoms with van der Waals surface area (Å²) in [5.74, 6) is 0.838. The lowest BCUT2D eigenvalue weighted by Gasteiger charge is -2.24. The maximum absolute atomic E-state index is 4.39. The van der Waals surface area contributed by atoms with Gasteiger partial charge in [-0.25, -0.2) is 0 Å². The molecular weight excluding hydrogens is 222 g/mol. The number of nitrogens with one attached hydrogen (secondary N) is 1. The minimum atomic E-state index is 0.543. The molecule has 0 saturated heterocycles. The predicted octanol–water partition coefficient (Wildman–Crippen LogP) is 3.21. The topological polar surface area (TPSA) is 29.9 Å². The largest absolute Gasteiger partial charge is 0.310 e. The van der Waals surface area contributed by atoms with Gasteiger partial charge in [0.1, 0.15) is 0 Å². The van der Waals surface area contributed by atoms with Gasteiger partial charge in [0.25, 0.3) is 0 Å². The molecule has 1 aliphatic carbocycles. The van der Waals surface area contributed by atoms with Crippen LogP contribution in [-0.4, -0.2) is 16.3 Å². The highest BCUT2D eigenvalue weighted by molar-refractivity contribution is 5.24. The first-order chi connectivity index (χ1) is 8.68. The van der Waals surface area contributed by atoms with E-state index in [2.05, 4.69) is 37.5 Å². The maximum Gasteiger partial charge on any atom is 0.0540 e. The lowest BCUT2D eigenvalue weighted by molar-refractivity contribution is 0.436. The summed E-state index contributed by atoms with van der Waals surface area (Å²) in [5.41, 5.74) is 2.87. The second-order valence-corrected chi connectivity index (χ2v) is 5.96. The van der Waals surface area contributed by atoms with E-state index in [1.807, 2.05) is 4.68 Å². The van der Waals surface area contributed by atoms with Crippen LogP contribution in [0.15, 0.2) is 6.20 Å². The first-order valence-electron chi connectivity index (χ1n) is 7.42. The zero-order chi connectivity index (χ0) is 13.0. The van der Waals surface area contributed by atoms with E-state index in [9.17, 15) is 0 Å². The molecule has 2 rings (SSSR count). The van der Waals surface area contributed by atoms with Crippen molar-refractivity contribution in [2.75, 3.05) is 6.54 Å². The van der Waals surface area contributed by atoms with E-state index in [0.29, 0.717) is 6.04 Å². The van der Waals surface area contributed by atoms with Crippen LogP contribution >= 0.6 is 0 Å². The molecule has 102 valence electrons. The van der Waals surface area contributed by atoms with E-state index in [-0.39, 0.29) is 0 Å². The average Bonchev–Trinajstić information content (AvgIpc) is 2.71. The van der Waals surface area contributed by atoms with Crippen LogP contribution in [0.3, 0.4) is 0 Å². The molecule has 0 amide bonds. The van der Waals surface area contributed by atoms with Crippen molar-refractivity contribution in [2.45, 2.75) is 58.4 Å². The molecule has 1 aromatic rings. The number of hydrogen-bond acceptors (Lipinski definition) is 2. The fourth-order valence-corrected chi connectivity index (χ4v) is 2.87. The number of rotatable bonds is 6. The van der Waals surface area contributed by atoms with Crippen LogP contribution in [0.25, 0.3) is 0 Å². The number of aryl methyl sites for hydroxylation is 1. The van der Waals surface area contributed by atoms with Crippen molar-refractivity contribution in [3.05, 3.63) is 17.5 Å². The van der Waals surface area contributed by atoms with Gasteiger partial charge in [0.05, 0.1) is 6.20 Å². The van der Waals surface area contributed by atoms with Gasteiger partial charge >= 0.3 is 0 Å². The van der Waals surface area contributed by atoms with Gasteiger partial charge in [-0.3, -0.25) is 4.68 Å². The lowest BCUT2D eigenvalue weighted by Crippen LogP contribution is -2.26. The Morgan fingerprint density at radius 1 is 1.44 bits per heavy atom. The Morgan fingerprint density at radius 3 is 3.06 bits per heavy atom. The molecule has 0 aliphatic heterocycles. The monoisotopic (exact) mass is 249 g/mol. The molecule has 0 bridgehead atoms. The van der Waals surface area contributed by atoms with Gasteiger partial charge in [0, 0.05) is 24.3 Å². The van der Waals surface area contributed by atoms with Crippen molar-refractivity contribution in [3.8, 4) is 0 Å². The van der Waals surface area contributed by atoms with Crippen LogP contribution in [0.1, 0.15) is 63.3 Å². The standard InChI is InChI=1S/C15H27N3/c1-12(2)7-4-5-10-16-14-8-6-9-15-13(14)11-17-18(15)3/h11-12,14,16H,4-10H2,1-3H3. The molecule has 18 heavy (non-hydrogen) atoms. The predicted molar refractivity (Wildman–Crippen MR) is 75.6 cm³/mol. The quantitative estimate of drug-likeness (QED) is 0.785. The summed E-state index contributed by atoms with van der Waals surface area (Å²) in [6, 6.07) is 0.543. The van der Waals surface area contributed by atoms with Gasteiger partial charge in [0.15, 0.2) is 0 Å². The normalized spacial score (nSPS) is 19.2. The number of unbranched alkanes of at least 4 members (excludes halogenated alkanes) is 1. The van der Waals surface area contributed by atoms with Crippen molar-refractivity contribution < 1.29 is 0 Å². The van der Waals surface area contributed by atoms with Crippen LogP contribution in [0.5, 0.6) is 0 Å². The molecule has 1 unspecified atom stereocenters. The van der Waals surface area contributed by atoms with Crippen molar-refractivity contribution >= 4 is 0 Å². The van der Waals surface area contributed by atoms with Crippen molar-refractivity contribution in [2.24, 2.45) is 13.0 Å². The van der Waals surface area contributed by atoms with Crippen molar-refractivity contribution in [1.82, 2.24) is 15.1 Å². The Labute approximate surface area is 111 Å². The highest BCUT2D eigenvalue weighted by atomic mass is 15.3. The number of fused-ring (bicyclic) bond motifs is 1. The molecule has 1 aromatic heterocycles. The van der Waals surface area contributed by atoms with E-state index >= 15 is 0 Å². The first kappa shape index (κ1) is 13.6. The molecule has 0 aromatic carbocycles. The van der Waals surface area contributed by atoms with E-state index in [1.54, 1.807) is 0 Å². The van der Waals surface area contributed by atoms with Gasteiger partial charge in [-0.15, -0.1) is 0 Å². The molecule has 1 N–H and O–H groups in total. The van der Waals surface area contributed by atoms with Gasteiger partial charge < -0.3 is 5.32 Å². The summed E-state index contributed by atoms with van der Waals surface area (Å²) in [6.45, 7) is 5.75. The summed E-state index contributed by atoms with van der Waals surface area (Å²) in [4.78, 5) is 0. The molecule has 0 fully saturated rings. The van der Waals surface area contributed by atoms with Crippen LogP contribution in [-0.2, 0) is 13.5 Å². The molecule has 1 atom stereocenters. The van der Waals surface area contributed by atoms with Gasteiger partial charge in [-0.05, 0) is 38.1 Å². The van der Waals surface area contributed by atoms with Crippen LogP contribution in [0.4, 0.5) is 0 Å². The van der Waals surface area contributed by atoms with E-state index in [0.717, 1.165) is 12.5 Å². The fourth-order valence-electron chi connectivity index (χ4n) is 2.87. The SMILES string of the molecule is CC(C)CCCCNC1CCCc2c1cnn2C. The third kappa shape index (κ3) is 3.35. The van der Waals surface area contributed by atoms with Gasteiger partial charge in [-0.1, -0.05) is 26.7 Å². The smallest absolute Gasteiger partial charge is 0.0540 e. The number of hydrogen-bond donors (Lipinski definition) is 1. The van der Waals surface area contributed by atoms with Crippen LogP contribution in [0.2, 0.25) is 0 Å². The van der Waals surface area contributed by atoms with Crippen molar-refractivity contribution in [1.29, 1.82) is 0 Å². The van der Waals surface area contributed by atoms with Crippen LogP contribution < -0.4 is 5.32 Å². The lowest BCUT2D eigenvalue weighted by atomic mass is 9.93. The highest BCUT2D eigenvalue weighted by Gasteiger charge is 2.22. The number of nitrogens with zero attached hydrogens (tertiary/aromatic N) is 2. The fraction of sp³-hybridized carbons (Fsp3) is 0.800. The second kappa shape index (κ2) is 6.37. The summed E-state index contributed by atoms with van der Waals surface area (Å²) in [5, 5.41) is 8.10. The second-order valence-electron chi connectivity index (χ2n) is 5.96. The van der Waals surface area contributed by atoms with Crippen LogP contribution in [0, 0.1) is 5.92 Å². The maximum atomic E-state index is 4.39. The Hall–Kier alpha value is -0.830. The molecule has 1 heterocycles. The van der Waals surface area contributed by atoms with E-state index in [4.69, 9.17) is 0 Å². The zero-order valence-electron chi connectivity index (χ0n) is 12.1. The Kier molecular flexibility index (Phi) is 4.81. The molecule has 0 radical (unpaired) electrons. The van der Waals surface area contributed by atoms with Gasteiger partial charge in [0.2, 0.25) is 0 Å². The van der Waals surface area contributed by atoms with Crippen molar-refractivity contribution in [3.63, 3.8) is 0 Å². The third-order valence-corrected chi connectivity index (χ3v) is 3.97. The summed E-state index contributed by atoms with van der Waals surface area (Å²) in [6.07, 6.45) is 9.79.